The molecule has 2 N–H and O–H groups in total. The summed E-state index contributed by atoms with van der Waals surface area (Å²) in [7, 11) is 0. The molecular formula is C27H35F3N6O3. The van der Waals surface area contributed by atoms with Crippen LogP contribution < -0.4 is 10.6 Å². The summed E-state index contributed by atoms with van der Waals surface area (Å²) >= 11 is 0. The molecule has 3 aromatic heterocycles. The van der Waals surface area contributed by atoms with Gasteiger partial charge in [0.1, 0.15) is 23.5 Å². The first-order valence-corrected chi connectivity index (χ1v) is 13.1. The molecule has 3 rings (SSSR count). The van der Waals surface area contributed by atoms with Crippen LogP contribution in [-0.2, 0) is 21.1 Å². The molecule has 1 atom stereocenters. The molecule has 0 unspecified atom stereocenters. The summed E-state index contributed by atoms with van der Waals surface area (Å²) in [6.07, 6.45) is 6.07. The summed E-state index contributed by atoms with van der Waals surface area (Å²) in [6.45, 7) is 3.89. The van der Waals surface area contributed by atoms with Crippen molar-refractivity contribution < 1.29 is 27.5 Å². The largest absolute Gasteiger partial charge is 0.444 e. The number of nitrogens with zero attached hydrogens (tertiary/aromatic N) is 4. The number of ether oxygens (including phenoxy) is 1. The zero-order valence-electron chi connectivity index (χ0n) is 22.5. The van der Waals surface area contributed by atoms with E-state index in [9.17, 15) is 22.8 Å². The van der Waals surface area contributed by atoms with E-state index in [-0.39, 0.29) is 24.9 Å². The van der Waals surface area contributed by atoms with E-state index in [1.54, 1.807) is 30.0 Å². The predicted octanol–water partition coefficient (Wildman–Crippen LogP) is 5.61. The van der Waals surface area contributed by atoms with E-state index < -0.39 is 24.2 Å². The molecule has 1 amide bonds. The maximum absolute atomic E-state index is 12.6. The lowest BCUT2D eigenvalue weighted by atomic mass is 9.97. The minimum atomic E-state index is -4.52. The quantitative estimate of drug-likeness (QED) is 0.199. The normalized spacial score (nSPS) is 13.2. The second-order valence-corrected chi connectivity index (χ2v) is 9.57. The number of aromatic nitrogens is 4. The Labute approximate surface area is 225 Å². The fraction of sp³-hybridized carbons (Fsp3) is 0.519. The summed E-state index contributed by atoms with van der Waals surface area (Å²) in [4.78, 5) is 38.1. The molecule has 0 saturated heterocycles. The highest BCUT2D eigenvalue weighted by Gasteiger charge is 2.35. The summed E-state index contributed by atoms with van der Waals surface area (Å²) in [5, 5.41) is 5.61. The van der Waals surface area contributed by atoms with Crippen molar-refractivity contribution in [1.29, 1.82) is 0 Å². The van der Waals surface area contributed by atoms with Crippen molar-refractivity contribution in [3.05, 3.63) is 36.8 Å². The third-order valence-corrected chi connectivity index (χ3v) is 6.44. The molecule has 3 aromatic rings. The zero-order valence-corrected chi connectivity index (χ0v) is 22.5. The highest BCUT2D eigenvalue weighted by molar-refractivity contribution is 5.92. The van der Waals surface area contributed by atoms with E-state index in [1.807, 2.05) is 11.4 Å². The number of carbonyl (C=O) groups excluding carboxylic acids is 2. The lowest BCUT2D eigenvalue weighted by Crippen LogP contribution is -2.52. The number of amides is 1. The smallest absolute Gasteiger partial charge is 0.405 e. The number of unbranched alkanes of at least 4 members (excludes halogenated alkanes) is 4. The van der Waals surface area contributed by atoms with Gasteiger partial charge in [-0.1, -0.05) is 39.5 Å². The molecule has 212 valence electrons. The molecule has 39 heavy (non-hydrogen) atoms. The molecule has 0 saturated carbocycles. The van der Waals surface area contributed by atoms with Gasteiger partial charge in [0.2, 0.25) is 5.91 Å². The number of pyridine rings is 1. The summed E-state index contributed by atoms with van der Waals surface area (Å²) in [5.74, 6) is -0.495. The molecule has 12 heteroatoms. The number of esters is 1. The number of carbonyl (C=O) groups is 2. The van der Waals surface area contributed by atoms with E-state index in [0.29, 0.717) is 23.5 Å². The van der Waals surface area contributed by atoms with Crippen molar-refractivity contribution in [2.45, 2.75) is 84.2 Å². The molecule has 0 aliphatic heterocycles. The van der Waals surface area contributed by atoms with Gasteiger partial charge in [0.15, 0.2) is 12.6 Å². The van der Waals surface area contributed by atoms with E-state index in [4.69, 9.17) is 4.74 Å². The van der Waals surface area contributed by atoms with Crippen LogP contribution in [0.1, 0.15) is 65.7 Å². The molecular weight excluding hydrogens is 513 g/mol. The predicted molar refractivity (Wildman–Crippen MR) is 142 cm³/mol. The Kier molecular flexibility index (Phi) is 10.2. The van der Waals surface area contributed by atoms with Gasteiger partial charge in [0.05, 0.1) is 0 Å². The van der Waals surface area contributed by atoms with E-state index >= 15 is 0 Å². The number of anilines is 1. The van der Waals surface area contributed by atoms with Crippen LogP contribution in [-0.4, -0.2) is 49.7 Å². The monoisotopic (exact) mass is 548 g/mol. The average Bonchev–Trinajstić information content (AvgIpc) is 3.29. The Balaban J connectivity index is 1.76. The summed E-state index contributed by atoms with van der Waals surface area (Å²) in [5.41, 5.74) is -0.135. The number of alkyl halides is 3. The van der Waals surface area contributed by atoms with Crippen LogP contribution in [0.15, 0.2) is 36.8 Å². The average molecular weight is 549 g/mol. The maximum atomic E-state index is 12.6. The highest BCUT2D eigenvalue weighted by Crippen LogP contribution is 2.29. The molecule has 0 aliphatic carbocycles. The van der Waals surface area contributed by atoms with Gasteiger partial charge < -0.3 is 15.4 Å². The Hall–Kier alpha value is -3.70. The highest BCUT2D eigenvalue weighted by atomic mass is 19.4. The zero-order chi connectivity index (χ0) is 28.5. The van der Waals surface area contributed by atoms with Crippen LogP contribution in [0.4, 0.5) is 19.0 Å². The van der Waals surface area contributed by atoms with Crippen LogP contribution in [0.3, 0.4) is 0 Å². The minimum Gasteiger partial charge on any atom is -0.444 e. The fourth-order valence-electron chi connectivity index (χ4n) is 4.01. The van der Waals surface area contributed by atoms with Crippen molar-refractivity contribution in [1.82, 2.24) is 24.8 Å². The standard InChI is InChI=1S/C27H35F3N6O3/c1-4-6-7-8-9-12-22(37)39-18-36-16-20(19-11-10-14-32-24(19)36)23-31-15-13-21(34-23)35-26(3,5-2)25(38)33-17-27(28,29)30/h10-11,13-16H,4-9,12,17-18H2,1-3H3,(H,33,38)(H,31,34,35)/t26-/m1/s1. The van der Waals surface area contributed by atoms with Gasteiger partial charge >= 0.3 is 12.1 Å². The second-order valence-electron chi connectivity index (χ2n) is 9.57. The van der Waals surface area contributed by atoms with Crippen LogP contribution >= 0.6 is 0 Å². The lowest BCUT2D eigenvalue weighted by Gasteiger charge is -2.29. The van der Waals surface area contributed by atoms with Gasteiger partial charge in [-0.15, -0.1) is 0 Å². The van der Waals surface area contributed by atoms with Gasteiger partial charge in [0.25, 0.3) is 0 Å². The van der Waals surface area contributed by atoms with Crippen LogP contribution in [0.2, 0.25) is 0 Å². The topological polar surface area (TPSA) is 111 Å². The molecule has 0 fully saturated rings. The summed E-state index contributed by atoms with van der Waals surface area (Å²) in [6, 6.07) is 5.14. The minimum absolute atomic E-state index is 0.0213. The number of rotatable bonds is 14. The second kappa shape index (κ2) is 13.4. The molecule has 3 heterocycles. The van der Waals surface area contributed by atoms with Crippen molar-refractivity contribution >= 4 is 28.7 Å². The van der Waals surface area contributed by atoms with Gasteiger partial charge in [0, 0.05) is 36.0 Å². The number of halogens is 3. The Morgan fingerprint density at radius 2 is 1.82 bits per heavy atom. The first kappa shape index (κ1) is 29.9. The van der Waals surface area contributed by atoms with E-state index in [2.05, 4.69) is 27.2 Å². The van der Waals surface area contributed by atoms with Crippen molar-refractivity contribution in [3.8, 4) is 11.4 Å². The third kappa shape index (κ3) is 8.39. The first-order chi connectivity index (χ1) is 18.6. The van der Waals surface area contributed by atoms with Gasteiger partial charge in [-0.05, 0) is 38.0 Å². The van der Waals surface area contributed by atoms with Crippen LogP contribution in [0, 0.1) is 0 Å². The van der Waals surface area contributed by atoms with Crippen molar-refractivity contribution in [2.75, 3.05) is 11.9 Å². The van der Waals surface area contributed by atoms with Gasteiger partial charge in [-0.3, -0.25) is 14.2 Å². The maximum Gasteiger partial charge on any atom is 0.405 e. The van der Waals surface area contributed by atoms with Crippen molar-refractivity contribution in [2.24, 2.45) is 0 Å². The van der Waals surface area contributed by atoms with E-state index in [1.165, 1.54) is 19.2 Å². The van der Waals surface area contributed by atoms with Gasteiger partial charge in [-0.2, -0.15) is 13.2 Å². The number of fused-ring (bicyclic) bond motifs is 1. The summed E-state index contributed by atoms with van der Waals surface area (Å²) < 4.78 is 45.0. The van der Waals surface area contributed by atoms with Crippen LogP contribution in [0.5, 0.6) is 0 Å². The number of hydrogen-bond acceptors (Lipinski definition) is 7. The van der Waals surface area contributed by atoms with Gasteiger partial charge in [-0.25, -0.2) is 15.0 Å². The number of nitrogens with one attached hydrogen (secondary N) is 2. The molecule has 0 spiro atoms. The molecule has 0 bridgehead atoms. The Morgan fingerprint density at radius 3 is 2.54 bits per heavy atom. The van der Waals surface area contributed by atoms with E-state index in [0.717, 1.165) is 37.5 Å². The number of hydrogen-bond donors (Lipinski definition) is 2. The molecule has 0 aliphatic rings. The fourth-order valence-corrected chi connectivity index (χ4v) is 4.01. The Morgan fingerprint density at radius 1 is 1.05 bits per heavy atom. The molecule has 0 radical (unpaired) electrons. The molecule has 9 nitrogen and oxygen atoms in total. The molecule has 0 aromatic carbocycles. The Bertz CT molecular complexity index is 1260. The third-order valence-electron chi connectivity index (χ3n) is 6.44. The SMILES string of the molecule is CCCCCCCC(=O)OCn1cc(-c2nccc(N[C@](C)(CC)C(=O)NCC(F)(F)F)n2)c2cccnc21. The lowest BCUT2D eigenvalue weighted by molar-refractivity contribution is -0.147. The van der Waals surface area contributed by atoms with Crippen molar-refractivity contribution in [3.63, 3.8) is 0 Å². The van der Waals surface area contributed by atoms with Crippen LogP contribution in [0.25, 0.3) is 22.4 Å². The first-order valence-electron chi connectivity index (χ1n) is 13.1.